The number of amides is 2. The maximum Gasteiger partial charge on any atom is 0.335 e. The van der Waals surface area contributed by atoms with Gasteiger partial charge in [0, 0.05) is 17.4 Å². The van der Waals surface area contributed by atoms with Crippen molar-refractivity contribution in [2.45, 2.75) is 67.6 Å². The van der Waals surface area contributed by atoms with Crippen molar-refractivity contribution >= 4 is 48.2 Å². The Hall–Kier alpha value is -2.37. The third kappa shape index (κ3) is 6.36. The van der Waals surface area contributed by atoms with Gasteiger partial charge in [-0.1, -0.05) is 6.42 Å². The van der Waals surface area contributed by atoms with E-state index in [1.54, 1.807) is 11.8 Å². The van der Waals surface area contributed by atoms with E-state index in [-0.39, 0.29) is 47.4 Å². The molecule has 2 amide bonds. The second-order valence-corrected chi connectivity index (χ2v) is 12.7. The highest BCUT2D eigenvalue weighted by Gasteiger charge is 2.45. The first-order chi connectivity index (χ1) is 18.1. The number of hydrogen-bond acceptors (Lipinski definition) is 13. The number of nitrogens with zero attached hydrogens (tertiary/aromatic N) is 4. The number of ether oxygens (including phenoxy) is 1. The maximum atomic E-state index is 12.5. The summed E-state index contributed by atoms with van der Waals surface area (Å²) in [7, 11) is -4.30. The average Bonchev–Trinajstić information content (AvgIpc) is 3.61. The molecule has 8 atom stereocenters. The molecule has 39 heavy (non-hydrogen) atoms. The fourth-order valence-electron chi connectivity index (χ4n) is 5.00. The smallest absolute Gasteiger partial charge is 0.335 e. The van der Waals surface area contributed by atoms with E-state index in [4.69, 9.17) is 15.0 Å². The minimum atomic E-state index is -4.30. The third-order valence-electron chi connectivity index (χ3n) is 6.95. The van der Waals surface area contributed by atoms with Crippen LogP contribution in [0.15, 0.2) is 12.7 Å². The van der Waals surface area contributed by atoms with Crippen molar-refractivity contribution in [3.63, 3.8) is 0 Å². The number of aliphatic hydroxyl groups excluding tert-OH is 2. The molecule has 18 heteroatoms. The van der Waals surface area contributed by atoms with Crippen LogP contribution in [0.2, 0.25) is 0 Å². The van der Waals surface area contributed by atoms with E-state index < -0.39 is 50.7 Å². The van der Waals surface area contributed by atoms with Crippen molar-refractivity contribution in [3.8, 4) is 0 Å². The van der Waals surface area contributed by atoms with Crippen molar-refractivity contribution in [2.24, 2.45) is 0 Å². The van der Waals surface area contributed by atoms with Crippen LogP contribution >= 0.6 is 19.4 Å². The minimum Gasteiger partial charge on any atom is -0.387 e. The molecule has 0 radical (unpaired) electrons. The van der Waals surface area contributed by atoms with Gasteiger partial charge in [-0.05, 0) is 12.8 Å². The molecule has 3 saturated heterocycles. The largest absolute Gasteiger partial charge is 0.387 e. The number of Topliss-reactive ketones (excluding diaryl/α,β-unsaturated/α-hetero) is 1. The second kappa shape index (κ2) is 12.0. The van der Waals surface area contributed by atoms with Crippen LogP contribution in [0.25, 0.3) is 11.2 Å². The van der Waals surface area contributed by atoms with Gasteiger partial charge >= 0.3 is 13.6 Å². The normalized spacial score (nSPS) is 31.4. The summed E-state index contributed by atoms with van der Waals surface area (Å²) in [4.78, 5) is 46.0. The predicted molar refractivity (Wildman–Crippen MR) is 140 cm³/mol. The van der Waals surface area contributed by atoms with Crippen LogP contribution in [-0.4, -0.2) is 101 Å². The number of aliphatic hydroxyl groups is 2. The molecule has 10 N–H and O–H groups in total. The van der Waals surface area contributed by atoms with Crippen molar-refractivity contribution in [3.05, 3.63) is 12.7 Å². The van der Waals surface area contributed by atoms with Crippen LogP contribution in [0.4, 0.5) is 10.6 Å². The molecule has 3 fully saturated rings. The summed E-state index contributed by atoms with van der Waals surface area (Å²) in [6.45, 7) is -0.513. The van der Waals surface area contributed by atoms with Gasteiger partial charge in [-0.25, -0.2) is 19.7 Å². The number of unbranched alkanes of at least 4 members (excludes halogenated alkanes) is 1. The van der Waals surface area contributed by atoms with E-state index in [9.17, 15) is 29.3 Å². The Morgan fingerprint density at radius 1 is 1.26 bits per heavy atom. The summed E-state index contributed by atoms with van der Waals surface area (Å²) in [6.07, 6.45) is -0.903. The van der Waals surface area contributed by atoms with E-state index in [1.807, 2.05) is 0 Å². The molecule has 3 aliphatic heterocycles. The molecular formula is C21H33N8O8PS. The lowest BCUT2D eigenvalue weighted by Gasteiger charge is -2.18. The van der Waals surface area contributed by atoms with Gasteiger partial charge in [-0.15, -0.1) is 0 Å². The molecule has 2 aromatic rings. The number of hydrogen-bond donors (Lipinski definition) is 7. The second-order valence-electron chi connectivity index (χ2n) is 9.63. The van der Waals surface area contributed by atoms with E-state index in [0.717, 1.165) is 18.6 Å². The Morgan fingerprint density at radius 3 is 2.85 bits per heavy atom. The van der Waals surface area contributed by atoms with Gasteiger partial charge < -0.3 is 46.9 Å². The molecule has 0 bridgehead atoms. The number of nitrogen functional groups attached to an aromatic ring is 1. The summed E-state index contributed by atoms with van der Waals surface area (Å²) in [6, 6.07) is 0.0940. The first-order valence-corrected chi connectivity index (χ1v) is 15.1. The summed E-state index contributed by atoms with van der Waals surface area (Å²) in [5.74, 6) is 0.590. The number of imidazole rings is 1. The Labute approximate surface area is 227 Å². The molecule has 0 aliphatic carbocycles. The van der Waals surface area contributed by atoms with Crippen LogP contribution in [0.5, 0.6) is 0 Å². The van der Waals surface area contributed by atoms with Gasteiger partial charge in [0.2, 0.25) is 0 Å². The molecule has 2 aromatic heterocycles. The highest BCUT2D eigenvalue weighted by molar-refractivity contribution is 8.00. The summed E-state index contributed by atoms with van der Waals surface area (Å²) < 4.78 is 24.7. The Kier molecular flexibility index (Phi) is 9.12. The fraction of sp³-hybridized carbons (Fsp3) is 0.667. The highest BCUT2D eigenvalue weighted by atomic mass is 32.2. The lowest BCUT2D eigenvalue weighted by Crippen LogP contribution is -2.36. The van der Waals surface area contributed by atoms with Gasteiger partial charge in [0.1, 0.15) is 42.1 Å². The standard InChI is InChI=1S/C21H30N7O8PS.H3N/c22-18-15-19(24-8-23-18)28(9-25-15)20-17(31)16(30)12(36-20)5-35-37(33,34)6-10(29)3-1-2-4-13-14-11(7-38-13)26-21(32)27-14;/h8-9,11-14,16-17,20,30-31H,1-7H2,(H,33,34)(H2,22,23,24)(H2,26,27,32);1H3/t11-,12+,13-,14-,16+,17+,20+;/m0./s1. The van der Waals surface area contributed by atoms with Crippen LogP contribution in [0, 0.1) is 0 Å². The molecule has 0 aromatic carbocycles. The van der Waals surface area contributed by atoms with Gasteiger partial charge in [0.25, 0.3) is 0 Å². The van der Waals surface area contributed by atoms with Crippen LogP contribution in [-0.2, 0) is 18.6 Å². The number of urea groups is 1. The quantitative estimate of drug-likeness (QED) is 0.101. The molecule has 0 spiro atoms. The zero-order valence-electron chi connectivity index (χ0n) is 21.0. The molecule has 216 valence electrons. The SMILES string of the molecule is N.Nc1ncnc2c1ncn2[C@@H]1O[C@H](COP(=O)(O)CC(=O)CCCC[C@@H]2SC[C@@H]3NC(=O)N[C@@H]32)[C@@H](O)[C@H]1O. The first-order valence-electron chi connectivity index (χ1n) is 12.2. The summed E-state index contributed by atoms with van der Waals surface area (Å²) in [5.41, 5.74) is 6.36. The third-order valence-corrected chi connectivity index (χ3v) is 9.76. The van der Waals surface area contributed by atoms with Crippen molar-refractivity contribution in [1.82, 2.24) is 36.3 Å². The van der Waals surface area contributed by atoms with Crippen LogP contribution < -0.4 is 22.5 Å². The number of rotatable bonds is 11. The lowest BCUT2D eigenvalue weighted by molar-refractivity contribution is -0.117. The topological polar surface area (TPSA) is 259 Å². The zero-order valence-corrected chi connectivity index (χ0v) is 22.7. The number of ketones is 1. The minimum absolute atomic E-state index is 0. The molecule has 0 saturated carbocycles. The van der Waals surface area contributed by atoms with E-state index in [2.05, 4.69) is 25.6 Å². The van der Waals surface area contributed by atoms with Crippen molar-refractivity contribution in [1.29, 1.82) is 0 Å². The number of nitrogens with two attached hydrogens (primary N) is 1. The van der Waals surface area contributed by atoms with Crippen molar-refractivity contribution in [2.75, 3.05) is 24.3 Å². The predicted octanol–water partition coefficient (Wildman–Crippen LogP) is -0.313. The van der Waals surface area contributed by atoms with Gasteiger partial charge in [-0.2, -0.15) is 11.8 Å². The van der Waals surface area contributed by atoms with Gasteiger partial charge in [-0.3, -0.25) is 13.9 Å². The van der Waals surface area contributed by atoms with E-state index in [1.165, 1.54) is 17.2 Å². The highest BCUT2D eigenvalue weighted by Crippen LogP contribution is 2.43. The molecule has 1 unspecified atom stereocenters. The zero-order chi connectivity index (χ0) is 27.0. The van der Waals surface area contributed by atoms with E-state index >= 15 is 0 Å². The van der Waals surface area contributed by atoms with Gasteiger partial charge in [0.05, 0.1) is 25.0 Å². The average molecular weight is 589 g/mol. The van der Waals surface area contributed by atoms with E-state index in [0.29, 0.717) is 11.9 Å². The number of nitrogens with one attached hydrogen (secondary N) is 2. The number of aromatic nitrogens is 4. The Bertz CT molecular complexity index is 1250. The molecular weight excluding hydrogens is 555 g/mol. The Morgan fingerprint density at radius 2 is 2.05 bits per heavy atom. The fourth-order valence-corrected chi connectivity index (χ4v) is 7.62. The Balaban J connectivity index is 0.00000353. The first kappa shape index (κ1) is 29.6. The number of anilines is 1. The summed E-state index contributed by atoms with van der Waals surface area (Å²) >= 11 is 1.79. The number of fused-ring (bicyclic) bond motifs is 2. The lowest BCUT2D eigenvalue weighted by atomic mass is 10.0. The number of carbonyl (C=O) groups is 2. The van der Waals surface area contributed by atoms with Crippen LogP contribution in [0.3, 0.4) is 0 Å². The monoisotopic (exact) mass is 588 g/mol. The number of thioether (sulfide) groups is 1. The van der Waals surface area contributed by atoms with Gasteiger partial charge in [0.15, 0.2) is 17.7 Å². The van der Waals surface area contributed by atoms with Crippen LogP contribution in [0.1, 0.15) is 31.9 Å². The van der Waals surface area contributed by atoms with Crippen molar-refractivity contribution < 1.29 is 38.5 Å². The molecule has 5 rings (SSSR count). The molecule has 3 aliphatic rings. The summed E-state index contributed by atoms with van der Waals surface area (Å²) in [5, 5.41) is 27.0. The molecule has 16 nitrogen and oxygen atoms in total. The molecule has 5 heterocycles. The maximum absolute atomic E-state index is 12.5. The number of carbonyl (C=O) groups excluding carboxylic acids is 2.